The largest absolute Gasteiger partial charge is 0.328 e. The molecule has 0 amide bonds. The minimum atomic E-state index is 0.0504. The molecule has 108 valence electrons. The van der Waals surface area contributed by atoms with Crippen molar-refractivity contribution in [1.29, 1.82) is 0 Å². The molecule has 1 aromatic carbocycles. The summed E-state index contributed by atoms with van der Waals surface area (Å²) in [7, 11) is 0. The highest BCUT2D eigenvalue weighted by Gasteiger charge is 2.12. The smallest absolute Gasteiger partial charge is 0.109 e. The number of aromatic nitrogens is 3. The van der Waals surface area contributed by atoms with Crippen molar-refractivity contribution in [3.05, 3.63) is 60.2 Å². The van der Waals surface area contributed by atoms with Gasteiger partial charge < -0.3 is 10.3 Å². The maximum atomic E-state index is 6.28. The lowest BCUT2D eigenvalue weighted by atomic mass is 10.0. The van der Waals surface area contributed by atoms with Gasteiger partial charge in [0.05, 0.1) is 11.7 Å². The number of nitrogens with zero attached hydrogens (tertiary/aromatic N) is 3. The van der Waals surface area contributed by atoms with Gasteiger partial charge in [-0.15, -0.1) is 0 Å². The zero-order valence-corrected chi connectivity index (χ0v) is 12.2. The summed E-state index contributed by atoms with van der Waals surface area (Å²) in [6, 6.07) is 12.3. The monoisotopic (exact) mass is 280 g/mol. The van der Waals surface area contributed by atoms with Crippen LogP contribution >= 0.6 is 0 Å². The van der Waals surface area contributed by atoms with Gasteiger partial charge in [-0.1, -0.05) is 30.3 Å². The molecule has 2 heterocycles. The van der Waals surface area contributed by atoms with Crippen LogP contribution in [0, 0.1) is 0 Å². The first-order valence-corrected chi connectivity index (χ1v) is 7.39. The Morgan fingerprint density at radius 2 is 2.00 bits per heavy atom. The number of nitrogens with two attached hydrogens (primary N) is 1. The lowest BCUT2D eigenvalue weighted by Crippen LogP contribution is -2.13. The van der Waals surface area contributed by atoms with Crippen molar-refractivity contribution in [2.45, 2.75) is 32.4 Å². The molecule has 2 aromatic heterocycles. The van der Waals surface area contributed by atoms with E-state index in [1.54, 1.807) is 0 Å². The fraction of sp³-hybridized carbons (Fsp3) is 0.294. The molecule has 0 saturated carbocycles. The van der Waals surface area contributed by atoms with Gasteiger partial charge in [0.2, 0.25) is 0 Å². The standard InChI is InChI=1S/C17H20N4/c1-2-21-16-10-11-19-12-15(16)20-17(21)9-8-14(18)13-6-4-3-5-7-13/h3-7,10-12,14H,2,8-9,18H2,1H3. The van der Waals surface area contributed by atoms with E-state index in [0.717, 1.165) is 36.2 Å². The van der Waals surface area contributed by atoms with Gasteiger partial charge in [-0.2, -0.15) is 0 Å². The van der Waals surface area contributed by atoms with Crippen LogP contribution < -0.4 is 5.73 Å². The molecular formula is C17H20N4. The molecule has 0 aliphatic heterocycles. The van der Waals surface area contributed by atoms with E-state index in [1.165, 1.54) is 5.56 Å². The van der Waals surface area contributed by atoms with Crippen LogP contribution in [0.3, 0.4) is 0 Å². The number of rotatable bonds is 5. The van der Waals surface area contributed by atoms with Crippen molar-refractivity contribution < 1.29 is 0 Å². The van der Waals surface area contributed by atoms with Crippen molar-refractivity contribution in [2.24, 2.45) is 5.73 Å². The highest BCUT2D eigenvalue weighted by Crippen LogP contribution is 2.19. The second-order valence-corrected chi connectivity index (χ2v) is 5.19. The quantitative estimate of drug-likeness (QED) is 0.781. The topological polar surface area (TPSA) is 56.7 Å². The van der Waals surface area contributed by atoms with Gasteiger partial charge in [-0.05, 0) is 25.0 Å². The van der Waals surface area contributed by atoms with E-state index in [0.29, 0.717) is 0 Å². The molecule has 2 N–H and O–H groups in total. The molecule has 0 bridgehead atoms. The van der Waals surface area contributed by atoms with Crippen LogP contribution in [0.4, 0.5) is 0 Å². The number of pyridine rings is 1. The molecule has 3 rings (SSSR count). The van der Waals surface area contributed by atoms with Crippen molar-refractivity contribution in [2.75, 3.05) is 0 Å². The summed E-state index contributed by atoms with van der Waals surface area (Å²) in [6.07, 6.45) is 5.40. The molecule has 1 unspecified atom stereocenters. The Labute approximate surface area is 124 Å². The highest BCUT2D eigenvalue weighted by atomic mass is 15.1. The van der Waals surface area contributed by atoms with Crippen molar-refractivity contribution in [3.8, 4) is 0 Å². The Morgan fingerprint density at radius 1 is 1.19 bits per heavy atom. The third-order valence-corrected chi connectivity index (χ3v) is 3.85. The summed E-state index contributed by atoms with van der Waals surface area (Å²) in [5.74, 6) is 1.09. The molecule has 21 heavy (non-hydrogen) atoms. The molecule has 0 radical (unpaired) electrons. The first kappa shape index (κ1) is 13.8. The first-order valence-electron chi connectivity index (χ1n) is 7.39. The Morgan fingerprint density at radius 3 is 2.76 bits per heavy atom. The molecule has 0 aliphatic carbocycles. The predicted octanol–water partition coefficient (Wildman–Crippen LogP) is 3.08. The minimum absolute atomic E-state index is 0.0504. The predicted molar refractivity (Wildman–Crippen MR) is 84.9 cm³/mol. The molecule has 0 aliphatic rings. The number of hydrogen-bond acceptors (Lipinski definition) is 3. The van der Waals surface area contributed by atoms with Crippen molar-refractivity contribution in [1.82, 2.24) is 14.5 Å². The minimum Gasteiger partial charge on any atom is -0.328 e. The summed E-state index contributed by atoms with van der Waals surface area (Å²) in [5, 5.41) is 0. The van der Waals surface area contributed by atoms with Crippen molar-refractivity contribution >= 4 is 11.0 Å². The number of fused-ring (bicyclic) bond motifs is 1. The zero-order chi connectivity index (χ0) is 14.7. The second kappa shape index (κ2) is 6.06. The van der Waals surface area contributed by atoms with E-state index in [9.17, 15) is 0 Å². The van der Waals surface area contributed by atoms with Crippen LogP contribution in [0.1, 0.15) is 30.8 Å². The van der Waals surface area contributed by atoms with Gasteiger partial charge in [-0.25, -0.2) is 4.98 Å². The van der Waals surface area contributed by atoms with E-state index in [-0.39, 0.29) is 6.04 Å². The molecular weight excluding hydrogens is 260 g/mol. The summed E-state index contributed by atoms with van der Waals surface area (Å²) >= 11 is 0. The molecule has 4 nitrogen and oxygen atoms in total. The van der Waals surface area contributed by atoms with Crippen LogP contribution in [0.2, 0.25) is 0 Å². The van der Waals surface area contributed by atoms with Crippen LogP contribution in [0.5, 0.6) is 0 Å². The van der Waals surface area contributed by atoms with Gasteiger partial charge in [-0.3, -0.25) is 4.98 Å². The molecule has 0 saturated heterocycles. The second-order valence-electron chi connectivity index (χ2n) is 5.19. The van der Waals surface area contributed by atoms with E-state index >= 15 is 0 Å². The van der Waals surface area contributed by atoms with Crippen LogP contribution in [0.25, 0.3) is 11.0 Å². The maximum absolute atomic E-state index is 6.28. The molecule has 4 heteroatoms. The van der Waals surface area contributed by atoms with E-state index < -0.39 is 0 Å². The van der Waals surface area contributed by atoms with Gasteiger partial charge in [0.1, 0.15) is 11.3 Å². The molecule has 3 aromatic rings. The Kier molecular flexibility index (Phi) is 3.97. The number of hydrogen-bond donors (Lipinski definition) is 1. The fourth-order valence-electron chi connectivity index (χ4n) is 2.73. The summed E-state index contributed by atoms with van der Waals surface area (Å²) in [4.78, 5) is 8.84. The third-order valence-electron chi connectivity index (χ3n) is 3.85. The van der Waals surface area contributed by atoms with Crippen LogP contribution in [0.15, 0.2) is 48.8 Å². The summed E-state index contributed by atoms with van der Waals surface area (Å²) in [6.45, 7) is 3.05. The summed E-state index contributed by atoms with van der Waals surface area (Å²) in [5.41, 5.74) is 9.57. The Bertz CT molecular complexity index is 718. The van der Waals surface area contributed by atoms with Crippen LogP contribution in [-0.4, -0.2) is 14.5 Å². The third kappa shape index (κ3) is 2.81. The fourth-order valence-corrected chi connectivity index (χ4v) is 2.73. The van der Waals surface area contributed by atoms with E-state index in [4.69, 9.17) is 10.7 Å². The van der Waals surface area contributed by atoms with Gasteiger partial charge in [0, 0.05) is 25.2 Å². The SMILES string of the molecule is CCn1c(CCC(N)c2ccccc2)nc2cnccc21. The highest BCUT2D eigenvalue weighted by molar-refractivity contribution is 5.74. The first-order chi connectivity index (χ1) is 10.3. The molecule has 0 fully saturated rings. The van der Waals surface area contributed by atoms with Gasteiger partial charge in [0.15, 0.2) is 0 Å². The maximum Gasteiger partial charge on any atom is 0.109 e. The lowest BCUT2D eigenvalue weighted by Gasteiger charge is -2.12. The normalized spacial score (nSPS) is 12.7. The van der Waals surface area contributed by atoms with E-state index in [2.05, 4.69) is 28.6 Å². The number of aryl methyl sites for hydroxylation is 2. The molecule has 1 atom stereocenters. The van der Waals surface area contributed by atoms with E-state index in [1.807, 2.05) is 36.7 Å². The number of benzene rings is 1. The van der Waals surface area contributed by atoms with Crippen LogP contribution in [-0.2, 0) is 13.0 Å². The average Bonchev–Trinajstić information content (AvgIpc) is 2.91. The van der Waals surface area contributed by atoms with Gasteiger partial charge >= 0.3 is 0 Å². The Hall–Kier alpha value is -2.20. The van der Waals surface area contributed by atoms with Gasteiger partial charge in [0.25, 0.3) is 0 Å². The average molecular weight is 280 g/mol. The number of imidazole rings is 1. The summed E-state index contributed by atoms with van der Waals surface area (Å²) < 4.78 is 2.24. The van der Waals surface area contributed by atoms with Crippen molar-refractivity contribution in [3.63, 3.8) is 0 Å². The zero-order valence-electron chi connectivity index (χ0n) is 12.2. The lowest BCUT2D eigenvalue weighted by molar-refractivity contribution is 0.609. The Balaban J connectivity index is 1.79. The molecule has 0 spiro atoms.